The second-order valence-corrected chi connectivity index (χ2v) is 4.51. The lowest BCUT2D eigenvalue weighted by Gasteiger charge is -2.08. The van der Waals surface area contributed by atoms with Gasteiger partial charge in [-0.25, -0.2) is 27.3 Å². The number of aromatic nitrogens is 1. The summed E-state index contributed by atoms with van der Waals surface area (Å²) in [5, 5.41) is 15.4. The van der Waals surface area contributed by atoms with Crippen LogP contribution < -0.4 is 9.88 Å². The fourth-order valence-electron chi connectivity index (χ4n) is 1.17. The van der Waals surface area contributed by atoms with Gasteiger partial charge in [-0.2, -0.15) is 0 Å². The zero-order chi connectivity index (χ0) is 14.1. The molecular formula is C7H7F2N3O5S. The van der Waals surface area contributed by atoms with Crippen LogP contribution >= 0.6 is 0 Å². The monoisotopic (exact) mass is 283 g/mol. The second-order valence-electron chi connectivity index (χ2n) is 3.01. The van der Waals surface area contributed by atoms with Crippen LogP contribution in [-0.4, -0.2) is 25.4 Å². The molecule has 0 spiro atoms. The molecule has 1 aromatic heterocycles. The number of alkyl halides is 2. The molecule has 2 N–H and O–H groups in total. The third-order valence-corrected chi connectivity index (χ3v) is 2.79. The van der Waals surface area contributed by atoms with Gasteiger partial charge in [0.2, 0.25) is 20.8 Å². The Labute approximate surface area is 99.6 Å². The van der Waals surface area contributed by atoms with Gasteiger partial charge < -0.3 is 4.74 Å². The SMILES string of the molecule is COc1nc(C(F)F)cc([N+](=O)[O-])c1S(N)(=O)=O. The Morgan fingerprint density at radius 3 is 2.44 bits per heavy atom. The molecule has 0 aliphatic heterocycles. The third-order valence-electron chi connectivity index (χ3n) is 1.84. The lowest BCUT2D eigenvalue weighted by Crippen LogP contribution is -2.17. The van der Waals surface area contributed by atoms with Crippen LogP contribution in [0.3, 0.4) is 0 Å². The summed E-state index contributed by atoms with van der Waals surface area (Å²) in [6.45, 7) is 0. The number of hydrogen-bond donors (Lipinski definition) is 1. The summed E-state index contributed by atoms with van der Waals surface area (Å²) in [5.41, 5.74) is -2.09. The van der Waals surface area contributed by atoms with Gasteiger partial charge in [0.1, 0.15) is 5.69 Å². The van der Waals surface area contributed by atoms with Gasteiger partial charge in [0, 0.05) is 6.07 Å². The summed E-state index contributed by atoms with van der Waals surface area (Å²) < 4.78 is 51.7. The van der Waals surface area contributed by atoms with E-state index in [-0.39, 0.29) is 0 Å². The molecule has 0 bridgehead atoms. The van der Waals surface area contributed by atoms with Crippen molar-refractivity contribution in [3.63, 3.8) is 0 Å². The van der Waals surface area contributed by atoms with E-state index in [4.69, 9.17) is 5.14 Å². The molecule has 100 valence electrons. The van der Waals surface area contributed by atoms with E-state index in [1.165, 1.54) is 0 Å². The molecule has 0 amide bonds. The number of hydrogen-bond acceptors (Lipinski definition) is 6. The number of halogens is 2. The first-order valence-electron chi connectivity index (χ1n) is 4.22. The fourth-order valence-corrected chi connectivity index (χ4v) is 1.97. The van der Waals surface area contributed by atoms with Gasteiger partial charge in [-0.1, -0.05) is 0 Å². The van der Waals surface area contributed by atoms with Crippen LogP contribution in [0.15, 0.2) is 11.0 Å². The molecule has 0 saturated heterocycles. The van der Waals surface area contributed by atoms with Crippen molar-refractivity contribution in [3.8, 4) is 5.88 Å². The molecule has 1 heterocycles. The average Bonchev–Trinajstić information content (AvgIpc) is 2.25. The molecule has 1 aromatic rings. The van der Waals surface area contributed by atoms with Crippen LogP contribution in [0, 0.1) is 10.1 Å². The Kier molecular flexibility index (Phi) is 3.76. The minimum absolute atomic E-state index is 0.340. The predicted molar refractivity (Wildman–Crippen MR) is 53.8 cm³/mol. The second kappa shape index (κ2) is 4.78. The summed E-state index contributed by atoms with van der Waals surface area (Å²) in [6.07, 6.45) is -3.12. The van der Waals surface area contributed by atoms with Crippen molar-refractivity contribution in [1.82, 2.24) is 4.98 Å². The van der Waals surface area contributed by atoms with Crippen molar-refractivity contribution in [3.05, 3.63) is 21.9 Å². The third kappa shape index (κ3) is 2.68. The lowest BCUT2D eigenvalue weighted by atomic mass is 10.3. The van der Waals surface area contributed by atoms with Crippen LogP contribution in [-0.2, 0) is 10.0 Å². The average molecular weight is 283 g/mol. The van der Waals surface area contributed by atoms with E-state index in [0.29, 0.717) is 6.07 Å². The van der Waals surface area contributed by atoms with E-state index in [1.54, 1.807) is 0 Å². The van der Waals surface area contributed by atoms with E-state index >= 15 is 0 Å². The molecular weight excluding hydrogens is 276 g/mol. The van der Waals surface area contributed by atoms with Crippen molar-refractivity contribution < 1.29 is 26.9 Å². The van der Waals surface area contributed by atoms with Gasteiger partial charge in [0.15, 0.2) is 0 Å². The molecule has 1 rings (SSSR count). The number of rotatable bonds is 4. The Bertz CT molecular complexity index is 589. The Balaban J connectivity index is 3.73. The Morgan fingerprint density at radius 1 is 1.56 bits per heavy atom. The van der Waals surface area contributed by atoms with E-state index in [1.807, 2.05) is 0 Å². The van der Waals surface area contributed by atoms with Crippen molar-refractivity contribution in [1.29, 1.82) is 0 Å². The highest BCUT2D eigenvalue weighted by molar-refractivity contribution is 7.89. The van der Waals surface area contributed by atoms with Crippen molar-refractivity contribution in [2.75, 3.05) is 7.11 Å². The molecule has 0 atom stereocenters. The first-order valence-corrected chi connectivity index (χ1v) is 5.77. The number of sulfonamides is 1. The van der Waals surface area contributed by atoms with E-state index in [9.17, 15) is 27.3 Å². The van der Waals surface area contributed by atoms with Crippen LogP contribution in [0.5, 0.6) is 5.88 Å². The number of nitrogens with two attached hydrogens (primary N) is 1. The van der Waals surface area contributed by atoms with E-state index in [2.05, 4.69) is 9.72 Å². The summed E-state index contributed by atoms with van der Waals surface area (Å²) in [4.78, 5) is 11.6. The van der Waals surface area contributed by atoms with E-state index in [0.717, 1.165) is 7.11 Å². The summed E-state index contributed by atoms with van der Waals surface area (Å²) in [6, 6.07) is 0.340. The highest BCUT2D eigenvalue weighted by Crippen LogP contribution is 2.33. The summed E-state index contributed by atoms with van der Waals surface area (Å²) in [7, 11) is -3.61. The maximum absolute atomic E-state index is 12.4. The Hall–Kier alpha value is -1.88. The quantitative estimate of drug-likeness (QED) is 0.636. The zero-order valence-corrected chi connectivity index (χ0v) is 9.65. The number of nitro groups is 1. The van der Waals surface area contributed by atoms with Crippen molar-refractivity contribution in [2.45, 2.75) is 11.3 Å². The molecule has 0 fully saturated rings. The van der Waals surface area contributed by atoms with Gasteiger partial charge in [0.05, 0.1) is 12.0 Å². The van der Waals surface area contributed by atoms with Crippen LogP contribution in [0.4, 0.5) is 14.5 Å². The maximum atomic E-state index is 12.4. The number of pyridine rings is 1. The van der Waals surface area contributed by atoms with Gasteiger partial charge >= 0.3 is 0 Å². The zero-order valence-electron chi connectivity index (χ0n) is 8.83. The van der Waals surface area contributed by atoms with Crippen LogP contribution in [0.2, 0.25) is 0 Å². The largest absolute Gasteiger partial charge is 0.480 e. The first kappa shape index (κ1) is 14.2. The number of methoxy groups -OCH3 is 1. The predicted octanol–water partition coefficient (Wildman–Crippen LogP) is 0.583. The number of nitrogens with zero attached hydrogens (tertiary/aromatic N) is 2. The molecule has 0 saturated carbocycles. The smallest absolute Gasteiger partial charge is 0.297 e. The number of ether oxygens (including phenoxy) is 1. The van der Waals surface area contributed by atoms with Crippen LogP contribution in [0.25, 0.3) is 0 Å². The maximum Gasteiger partial charge on any atom is 0.297 e. The Morgan fingerprint density at radius 2 is 2.11 bits per heavy atom. The fraction of sp³-hybridized carbons (Fsp3) is 0.286. The first-order chi connectivity index (χ1) is 8.18. The van der Waals surface area contributed by atoms with Gasteiger partial charge in [-0.15, -0.1) is 0 Å². The molecule has 0 aromatic carbocycles. The van der Waals surface area contributed by atoms with Gasteiger partial charge in [-0.05, 0) is 0 Å². The van der Waals surface area contributed by atoms with Crippen molar-refractivity contribution >= 4 is 15.7 Å². The normalized spacial score (nSPS) is 11.6. The summed E-state index contributed by atoms with van der Waals surface area (Å²) in [5.74, 6) is -0.845. The van der Waals surface area contributed by atoms with Gasteiger partial charge in [0.25, 0.3) is 12.1 Å². The minimum Gasteiger partial charge on any atom is -0.480 e. The van der Waals surface area contributed by atoms with Crippen molar-refractivity contribution in [2.24, 2.45) is 5.14 Å². The summed E-state index contributed by atoms with van der Waals surface area (Å²) >= 11 is 0. The molecule has 0 aliphatic carbocycles. The standard InChI is InChI=1S/C7H7F2N3O5S/c1-17-7-5(18(10,15)16)4(12(13)14)2-3(11-7)6(8)9/h2,6H,1H3,(H2,10,15,16). The molecule has 0 unspecified atom stereocenters. The van der Waals surface area contributed by atoms with Gasteiger partial charge in [-0.3, -0.25) is 10.1 Å². The minimum atomic E-state index is -4.54. The molecule has 8 nitrogen and oxygen atoms in total. The molecule has 0 aliphatic rings. The highest BCUT2D eigenvalue weighted by Gasteiger charge is 2.32. The highest BCUT2D eigenvalue weighted by atomic mass is 32.2. The lowest BCUT2D eigenvalue weighted by molar-refractivity contribution is -0.388. The van der Waals surface area contributed by atoms with Crippen LogP contribution in [0.1, 0.15) is 12.1 Å². The molecule has 0 radical (unpaired) electrons. The molecule has 18 heavy (non-hydrogen) atoms. The molecule has 11 heteroatoms. The number of primary sulfonamides is 1. The topological polar surface area (TPSA) is 125 Å². The van der Waals surface area contributed by atoms with E-state index < -0.39 is 43.5 Å².